The van der Waals surface area contributed by atoms with Crippen LogP contribution in [0.3, 0.4) is 0 Å². The van der Waals surface area contributed by atoms with Crippen LogP contribution in [0.5, 0.6) is 11.5 Å². The van der Waals surface area contributed by atoms with Crippen LogP contribution in [0.2, 0.25) is 0 Å². The Bertz CT molecular complexity index is 2330. The molecule has 2 aliphatic rings. The van der Waals surface area contributed by atoms with Crippen LogP contribution in [-0.2, 0) is 26.0 Å². The minimum atomic E-state index is -4.09. The van der Waals surface area contributed by atoms with Crippen molar-refractivity contribution in [1.82, 2.24) is 15.6 Å². The molecule has 0 aromatic heterocycles. The highest BCUT2D eigenvalue weighted by Gasteiger charge is 2.37. The number of nitrogens with zero attached hydrogens (tertiary/aromatic N) is 1. The van der Waals surface area contributed by atoms with Gasteiger partial charge in [-0.2, -0.15) is 8.78 Å². The Kier molecular flexibility index (Phi) is 11.6. The van der Waals surface area contributed by atoms with E-state index in [0.717, 1.165) is 34.2 Å². The number of esters is 1. The van der Waals surface area contributed by atoms with Gasteiger partial charge in [0.15, 0.2) is 0 Å². The maximum Gasteiger partial charge on any atom is 0.407 e. The highest BCUT2D eigenvalue weighted by Crippen LogP contribution is 2.45. The SMILES string of the molecule is Cc1c(C)c(S(=O)(=O)NNC=NCCC[C@H](NC(=O)OCC2c3ccccc3-c3ccccc32)C(=O)Oc2c(F)c(F)c(F)c(F)c2F)c(C)c2c1OC(C)(C)C2. The summed E-state index contributed by atoms with van der Waals surface area (Å²) in [4.78, 5) is 32.6. The summed E-state index contributed by atoms with van der Waals surface area (Å²) in [5, 5.41) is 2.26. The zero-order valence-corrected chi connectivity index (χ0v) is 32.3. The summed E-state index contributed by atoms with van der Waals surface area (Å²) in [5.41, 5.74) is 8.21. The highest BCUT2D eigenvalue weighted by molar-refractivity contribution is 7.89. The van der Waals surface area contributed by atoms with E-state index in [1.165, 1.54) is 0 Å². The van der Waals surface area contributed by atoms with E-state index in [-0.39, 0.29) is 36.8 Å². The van der Waals surface area contributed by atoms with Gasteiger partial charge in [0.2, 0.25) is 34.8 Å². The number of hydrogen-bond donors (Lipinski definition) is 3. The molecule has 0 fully saturated rings. The van der Waals surface area contributed by atoms with Crippen LogP contribution in [0.15, 0.2) is 58.4 Å². The predicted molar refractivity (Wildman–Crippen MR) is 199 cm³/mol. The Morgan fingerprint density at radius 2 is 1.47 bits per heavy atom. The van der Waals surface area contributed by atoms with Gasteiger partial charge in [-0.1, -0.05) is 48.5 Å². The van der Waals surface area contributed by atoms with Gasteiger partial charge in [-0.05, 0) is 86.4 Å². The number of amides is 1. The van der Waals surface area contributed by atoms with Crippen molar-refractivity contribution < 1.29 is 54.2 Å². The summed E-state index contributed by atoms with van der Waals surface area (Å²) in [6.07, 6.45) is 0.114. The number of halogens is 5. The predicted octanol–water partition coefficient (Wildman–Crippen LogP) is 7.13. The molecule has 1 aliphatic carbocycles. The first kappa shape index (κ1) is 41.1. The molecule has 11 nitrogen and oxygen atoms in total. The van der Waals surface area contributed by atoms with E-state index in [2.05, 4.69) is 25.3 Å². The molecule has 1 atom stereocenters. The van der Waals surface area contributed by atoms with Crippen LogP contribution >= 0.6 is 0 Å². The molecule has 4 aromatic rings. The fraction of sp³-hybridized carbons (Fsp3) is 0.325. The monoisotopic (exact) mass is 814 g/mol. The van der Waals surface area contributed by atoms with Crippen molar-refractivity contribution in [1.29, 1.82) is 0 Å². The molecule has 0 unspecified atom stereocenters. The Morgan fingerprint density at radius 3 is 2.09 bits per heavy atom. The molecule has 302 valence electrons. The van der Waals surface area contributed by atoms with Gasteiger partial charge in [0, 0.05) is 24.4 Å². The first-order valence-corrected chi connectivity index (χ1v) is 19.3. The van der Waals surface area contributed by atoms with E-state index in [9.17, 15) is 40.0 Å². The van der Waals surface area contributed by atoms with Crippen molar-refractivity contribution in [3.05, 3.63) is 111 Å². The molecule has 3 N–H and O–H groups in total. The van der Waals surface area contributed by atoms with Crippen LogP contribution in [0.25, 0.3) is 11.1 Å². The lowest BCUT2D eigenvalue weighted by Crippen LogP contribution is -2.44. The third kappa shape index (κ3) is 8.16. The minimum Gasteiger partial charge on any atom is -0.487 e. The summed E-state index contributed by atoms with van der Waals surface area (Å²) in [6.45, 7) is 8.77. The average Bonchev–Trinajstić information content (AvgIpc) is 3.69. The van der Waals surface area contributed by atoms with Crippen LogP contribution in [0.4, 0.5) is 26.7 Å². The Balaban J connectivity index is 1.11. The number of rotatable bonds is 13. The van der Waals surface area contributed by atoms with Gasteiger partial charge in [0.05, 0.1) is 11.2 Å². The molecule has 4 aromatic carbocycles. The lowest BCUT2D eigenvalue weighted by molar-refractivity contribution is -0.137. The van der Waals surface area contributed by atoms with Gasteiger partial charge < -0.3 is 19.5 Å². The molecule has 0 spiro atoms. The number of aliphatic imine (C=N–C) groups is 1. The summed E-state index contributed by atoms with van der Waals surface area (Å²) in [6, 6.07) is 13.3. The van der Waals surface area contributed by atoms with Crippen LogP contribution < -0.4 is 25.0 Å². The van der Waals surface area contributed by atoms with Crippen LogP contribution in [0, 0.1) is 49.9 Å². The first-order valence-electron chi connectivity index (χ1n) is 17.9. The molecule has 0 saturated heterocycles. The van der Waals surface area contributed by atoms with E-state index in [0.29, 0.717) is 28.9 Å². The van der Waals surface area contributed by atoms with Crippen LogP contribution in [0.1, 0.15) is 66.0 Å². The molecule has 1 amide bonds. The van der Waals surface area contributed by atoms with Crippen molar-refractivity contribution in [2.24, 2.45) is 4.99 Å². The number of ether oxygens (including phenoxy) is 3. The van der Waals surface area contributed by atoms with Gasteiger partial charge >= 0.3 is 12.1 Å². The fourth-order valence-corrected chi connectivity index (χ4v) is 8.57. The van der Waals surface area contributed by atoms with Crippen molar-refractivity contribution in [2.45, 2.75) is 76.3 Å². The lowest BCUT2D eigenvalue weighted by atomic mass is 9.94. The maximum atomic E-state index is 14.4. The normalized spacial score (nSPS) is 14.8. The second-order valence-corrected chi connectivity index (χ2v) is 15.9. The molecule has 0 saturated carbocycles. The van der Waals surface area contributed by atoms with E-state index >= 15 is 0 Å². The number of benzene rings is 4. The molecular formula is C40H39F5N4O7S. The molecule has 57 heavy (non-hydrogen) atoms. The zero-order valence-electron chi connectivity index (χ0n) is 31.5. The topological polar surface area (TPSA) is 144 Å². The fourth-order valence-electron chi connectivity index (χ4n) is 7.18. The second-order valence-electron chi connectivity index (χ2n) is 14.3. The smallest absolute Gasteiger partial charge is 0.407 e. The average molecular weight is 815 g/mol. The van der Waals surface area contributed by atoms with Gasteiger partial charge in [-0.15, -0.1) is 4.83 Å². The number of hydrogen-bond acceptors (Lipinski definition) is 8. The summed E-state index contributed by atoms with van der Waals surface area (Å²) in [7, 11) is -4.09. The maximum absolute atomic E-state index is 14.4. The molecule has 0 radical (unpaired) electrons. The van der Waals surface area contributed by atoms with Crippen molar-refractivity contribution in [3.63, 3.8) is 0 Å². The Morgan fingerprint density at radius 1 is 0.895 bits per heavy atom. The highest BCUT2D eigenvalue weighted by atomic mass is 32.2. The summed E-state index contributed by atoms with van der Waals surface area (Å²) in [5.74, 6) is -14.9. The van der Waals surface area contributed by atoms with Gasteiger partial charge in [0.1, 0.15) is 24.0 Å². The Labute approximate surface area is 325 Å². The molecule has 17 heteroatoms. The first-order chi connectivity index (χ1) is 26.9. The molecule has 1 heterocycles. The molecular weight excluding hydrogens is 776 g/mol. The van der Waals surface area contributed by atoms with E-state index in [1.54, 1.807) is 20.8 Å². The van der Waals surface area contributed by atoms with Crippen molar-refractivity contribution in [3.8, 4) is 22.6 Å². The van der Waals surface area contributed by atoms with E-state index < -0.39 is 68.6 Å². The number of carbonyl (C=O) groups is 2. The summed E-state index contributed by atoms with van der Waals surface area (Å²) < 4.78 is 113. The van der Waals surface area contributed by atoms with Crippen molar-refractivity contribution >= 4 is 28.4 Å². The second kappa shape index (κ2) is 16.1. The third-order valence-electron chi connectivity index (χ3n) is 9.98. The van der Waals surface area contributed by atoms with E-state index in [1.807, 2.05) is 62.4 Å². The van der Waals surface area contributed by atoms with Crippen LogP contribution in [-0.4, -0.2) is 51.6 Å². The minimum absolute atomic E-state index is 0.0243. The summed E-state index contributed by atoms with van der Waals surface area (Å²) >= 11 is 0. The van der Waals surface area contributed by atoms with Crippen molar-refractivity contribution in [2.75, 3.05) is 13.2 Å². The number of sulfonamides is 1. The van der Waals surface area contributed by atoms with Gasteiger partial charge in [-0.3, -0.25) is 10.4 Å². The molecule has 1 aliphatic heterocycles. The van der Waals surface area contributed by atoms with Gasteiger partial charge in [-0.25, -0.2) is 31.2 Å². The van der Waals surface area contributed by atoms with Gasteiger partial charge in [0.25, 0.3) is 10.0 Å². The zero-order chi connectivity index (χ0) is 41.4. The number of hydrazine groups is 1. The largest absolute Gasteiger partial charge is 0.487 e. The number of fused-ring (bicyclic) bond motifs is 4. The third-order valence-corrected chi connectivity index (χ3v) is 11.5. The standard InChI is InChI=1S/C40H39F5N4O7S/c1-20-21(2)37(22(3)27-17-40(4,5)56-35(20)27)57(52,53)49-47-19-46-16-10-15-29(38(50)55-36-33(44)31(42)30(41)32(43)34(36)45)48-39(51)54-18-28-25-13-8-6-11-23(25)24-12-7-9-14-26(24)28/h6-9,11-14,19,28-29,49H,10,15-18H2,1-5H3,(H,46,47)(H,48,51)/t29-/m0/s1. The number of carbonyl (C=O) groups excluding carboxylic acids is 2. The molecule has 0 bridgehead atoms. The number of nitrogens with one attached hydrogen (secondary N) is 3. The van der Waals surface area contributed by atoms with E-state index in [4.69, 9.17) is 9.47 Å². The quantitative estimate of drug-likeness (QED) is 0.0149. The number of alkyl carbamates (subject to hydrolysis) is 1. The Hall–Kier alpha value is -5.55. The molecule has 6 rings (SSSR count). The lowest BCUT2D eigenvalue weighted by Gasteiger charge is -2.19.